The lowest BCUT2D eigenvalue weighted by Crippen LogP contribution is -2.33. The van der Waals surface area contributed by atoms with Gasteiger partial charge < -0.3 is 9.88 Å². The minimum atomic E-state index is 0.239. The first-order valence-corrected chi connectivity index (χ1v) is 7.48. The van der Waals surface area contributed by atoms with E-state index in [1.165, 1.54) is 11.1 Å². The van der Waals surface area contributed by atoms with Crippen LogP contribution in [0.15, 0.2) is 30.6 Å². The van der Waals surface area contributed by atoms with Gasteiger partial charge in [-0.1, -0.05) is 31.2 Å². The van der Waals surface area contributed by atoms with E-state index in [9.17, 15) is 0 Å². The molecule has 1 N–H and O–H groups in total. The van der Waals surface area contributed by atoms with E-state index in [-0.39, 0.29) is 6.04 Å². The molecule has 0 radical (unpaired) electrons. The van der Waals surface area contributed by atoms with Gasteiger partial charge in [-0.2, -0.15) is 0 Å². The Labute approximate surface area is 120 Å². The maximum Gasteiger partial charge on any atom is 0.149 e. The minimum Gasteiger partial charge on any atom is -0.316 e. The summed E-state index contributed by atoms with van der Waals surface area (Å²) in [5, 5.41) is 12.0. The molecule has 0 bridgehead atoms. The SMILES string of the molecule is CCCn1cnnc1[C@@H](C)NC1Cc2ccccc2C1. The number of aryl methyl sites for hydroxylation is 1. The molecule has 1 aliphatic carbocycles. The van der Waals surface area contributed by atoms with Gasteiger partial charge in [0.2, 0.25) is 0 Å². The molecule has 1 aromatic carbocycles. The fourth-order valence-corrected chi connectivity index (χ4v) is 3.12. The van der Waals surface area contributed by atoms with Gasteiger partial charge in [0.25, 0.3) is 0 Å². The van der Waals surface area contributed by atoms with Crippen molar-refractivity contribution in [1.29, 1.82) is 0 Å². The third-order valence-electron chi connectivity index (χ3n) is 4.03. The van der Waals surface area contributed by atoms with Crippen LogP contribution in [0.1, 0.15) is 43.3 Å². The molecule has 0 saturated heterocycles. The number of hydrogen-bond acceptors (Lipinski definition) is 3. The molecule has 0 saturated carbocycles. The zero-order chi connectivity index (χ0) is 13.9. The topological polar surface area (TPSA) is 42.7 Å². The van der Waals surface area contributed by atoms with Crippen molar-refractivity contribution in [2.45, 2.75) is 51.7 Å². The number of nitrogens with zero attached hydrogens (tertiary/aromatic N) is 3. The maximum atomic E-state index is 4.28. The molecule has 1 aliphatic rings. The molecule has 0 fully saturated rings. The summed E-state index contributed by atoms with van der Waals surface area (Å²) in [7, 11) is 0. The van der Waals surface area contributed by atoms with Crippen LogP contribution >= 0.6 is 0 Å². The Hall–Kier alpha value is -1.68. The van der Waals surface area contributed by atoms with Crippen molar-refractivity contribution in [2.24, 2.45) is 0 Å². The summed E-state index contributed by atoms with van der Waals surface area (Å²) in [5.41, 5.74) is 2.96. The smallest absolute Gasteiger partial charge is 0.149 e. The Balaban J connectivity index is 1.66. The van der Waals surface area contributed by atoms with E-state index in [1.54, 1.807) is 0 Å². The summed E-state index contributed by atoms with van der Waals surface area (Å²) in [5.74, 6) is 1.04. The molecule has 4 heteroatoms. The van der Waals surface area contributed by atoms with Gasteiger partial charge in [-0.3, -0.25) is 0 Å². The van der Waals surface area contributed by atoms with Gasteiger partial charge in [0.15, 0.2) is 0 Å². The van der Waals surface area contributed by atoms with Crippen LogP contribution in [0.2, 0.25) is 0 Å². The molecule has 0 unspecified atom stereocenters. The summed E-state index contributed by atoms with van der Waals surface area (Å²) >= 11 is 0. The first kappa shape index (κ1) is 13.3. The first-order chi connectivity index (χ1) is 9.78. The molecule has 1 atom stereocenters. The van der Waals surface area contributed by atoms with Crippen molar-refractivity contribution in [3.63, 3.8) is 0 Å². The van der Waals surface area contributed by atoms with Gasteiger partial charge in [0.1, 0.15) is 12.2 Å². The summed E-state index contributed by atoms with van der Waals surface area (Å²) in [6.45, 7) is 5.34. The van der Waals surface area contributed by atoms with Crippen molar-refractivity contribution in [1.82, 2.24) is 20.1 Å². The van der Waals surface area contributed by atoms with E-state index in [0.717, 1.165) is 31.6 Å². The van der Waals surface area contributed by atoms with Crippen LogP contribution in [0.5, 0.6) is 0 Å². The number of fused-ring (bicyclic) bond motifs is 1. The molecule has 3 rings (SSSR count). The Morgan fingerprint density at radius 3 is 2.65 bits per heavy atom. The second-order valence-electron chi connectivity index (χ2n) is 5.64. The Bertz CT molecular complexity index is 550. The van der Waals surface area contributed by atoms with Crippen molar-refractivity contribution >= 4 is 0 Å². The van der Waals surface area contributed by atoms with Crippen LogP contribution in [-0.4, -0.2) is 20.8 Å². The fourth-order valence-electron chi connectivity index (χ4n) is 3.12. The molecular weight excluding hydrogens is 248 g/mol. The highest BCUT2D eigenvalue weighted by molar-refractivity contribution is 5.33. The molecular formula is C16H22N4. The van der Waals surface area contributed by atoms with E-state index in [4.69, 9.17) is 0 Å². The van der Waals surface area contributed by atoms with Gasteiger partial charge in [-0.05, 0) is 37.3 Å². The maximum absolute atomic E-state index is 4.28. The molecule has 2 aromatic rings. The Kier molecular flexibility index (Phi) is 3.83. The average Bonchev–Trinajstić information content (AvgIpc) is 3.04. The van der Waals surface area contributed by atoms with E-state index in [2.05, 4.69) is 58.2 Å². The first-order valence-electron chi connectivity index (χ1n) is 7.48. The second kappa shape index (κ2) is 5.75. The van der Waals surface area contributed by atoms with Crippen molar-refractivity contribution in [2.75, 3.05) is 0 Å². The number of nitrogens with one attached hydrogen (secondary N) is 1. The largest absolute Gasteiger partial charge is 0.316 e. The average molecular weight is 270 g/mol. The lowest BCUT2D eigenvalue weighted by Gasteiger charge is -2.19. The zero-order valence-electron chi connectivity index (χ0n) is 12.2. The zero-order valence-corrected chi connectivity index (χ0v) is 12.2. The van der Waals surface area contributed by atoms with Crippen LogP contribution in [0.25, 0.3) is 0 Å². The van der Waals surface area contributed by atoms with E-state index >= 15 is 0 Å². The summed E-state index contributed by atoms with van der Waals surface area (Å²) in [6.07, 6.45) is 5.16. The van der Waals surface area contributed by atoms with Gasteiger partial charge >= 0.3 is 0 Å². The number of aromatic nitrogens is 3. The third-order valence-corrected chi connectivity index (χ3v) is 4.03. The van der Waals surface area contributed by atoms with E-state index in [0.29, 0.717) is 6.04 Å². The predicted octanol–water partition coefficient (Wildman–Crippen LogP) is 2.51. The monoisotopic (exact) mass is 270 g/mol. The summed E-state index contributed by atoms with van der Waals surface area (Å²) in [4.78, 5) is 0. The van der Waals surface area contributed by atoms with Crippen LogP contribution in [0.3, 0.4) is 0 Å². The normalized spacial score (nSPS) is 16.3. The predicted molar refractivity (Wildman–Crippen MR) is 79.5 cm³/mol. The highest BCUT2D eigenvalue weighted by atomic mass is 15.3. The third kappa shape index (κ3) is 2.61. The van der Waals surface area contributed by atoms with E-state index < -0.39 is 0 Å². The van der Waals surface area contributed by atoms with Gasteiger partial charge in [0.05, 0.1) is 6.04 Å². The molecule has 0 spiro atoms. The summed E-state index contributed by atoms with van der Waals surface area (Å²) in [6, 6.07) is 9.48. The molecule has 0 amide bonds. The van der Waals surface area contributed by atoms with E-state index in [1.807, 2.05) is 6.33 Å². The second-order valence-corrected chi connectivity index (χ2v) is 5.64. The molecule has 1 aromatic heterocycles. The summed E-state index contributed by atoms with van der Waals surface area (Å²) < 4.78 is 2.15. The van der Waals surface area contributed by atoms with Crippen LogP contribution in [0, 0.1) is 0 Å². The van der Waals surface area contributed by atoms with Crippen molar-refractivity contribution < 1.29 is 0 Å². The van der Waals surface area contributed by atoms with Crippen LogP contribution in [-0.2, 0) is 19.4 Å². The molecule has 106 valence electrons. The standard InChI is InChI=1S/C16H22N4/c1-3-8-20-11-17-19-16(20)12(2)18-15-9-13-6-4-5-7-14(13)10-15/h4-7,11-12,15,18H,3,8-10H2,1-2H3/t12-/m1/s1. The van der Waals surface area contributed by atoms with Gasteiger partial charge in [-0.15, -0.1) is 10.2 Å². The molecule has 1 heterocycles. The lowest BCUT2D eigenvalue weighted by molar-refractivity contribution is 0.436. The molecule has 4 nitrogen and oxygen atoms in total. The highest BCUT2D eigenvalue weighted by Crippen LogP contribution is 2.23. The molecule has 0 aliphatic heterocycles. The van der Waals surface area contributed by atoms with Crippen molar-refractivity contribution in [3.05, 3.63) is 47.5 Å². The van der Waals surface area contributed by atoms with Crippen LogP contribution < -0.4 is 5.32 Å². The highest BCUT2D eigenvalue weighted by Gasteiger charge is 2.24. The number of hydrogen-bond donors (Lipinski definition) is 1. The minimum absolute atomic E-state index is 0.239. The molecule has 20 heavy (non-hydrogen) atoms. The number of benzene rings is 1. The fraction of sp³-hybridized carbons (Fsp3) is 0.500. The Morgan fingerprint density at radius 1 is 1.30 bits per heavy atom. The Morgan fingerprint density at radius 2 is 2.00 bits per heavy atom. The quantitative estimate of drug-likeness (QED) is 0.907. The van der Waals surface area contributed by atoms with Gasteiger partial charge in [0, 0.05) is 12.6 Å². The number of rotatable bonds is 5. The van der Waals surface area contributed by atoms with Crippen molar-refractivity contribution in [3.8, 4) is 0 Å². The van der Waals surface area contributed by atoms with Crippen LogP contribution in [0.4, 0.5) is 0 Å². The lowest BCUT2D eigenvalue weighted by atomic mass is 10.1. The van der Waals surface area contributed by atoms with Gasteiger partial charge in [-0.25, -0.2) is 0 Å².